The molecule has 0 amide bonds. The van der Waals surface area contributed by atoms with E-state index in [1.165, 1.54) is 12.8 Å². The number of aliphatic hydroxyl groups is 1. The summed E-state index contributed by atoms with van der Waals surface area (Å²) in [7, 11) is 0. The fraction of sp³-hybridized carbons (Fsp3) is 0.818. The van der Waals surface area contributed by atoms with Gasteiger partial charge in [-0.15, -0.1) is 0 Å². The van der Waals surface area contributed by atoms with Gasteiger partial charge in [0.25, 0.3) is 0 Å². The van der Waals surface area contributed by atoms with Crippen LogP contribution in [0.15, 0.2) is 0 Å². The Bertz CT molecular complexity index is 279. The summed E-state index contributed by atoms with van der Waals surface area (Å²) in [5.41, 5.74) is 0. The number of hydrogen-bond acceptors (Lipinski definition) is 5. The number of carboxylic acids is 2. The van der Waals surface area contributed by atoms with E-state index in [9.17, 15) is 5.11 Å². The fourth-order valence-electron chi connectivity index (χ4n) is 2.36. The monoisotopic (exact) mass is 260 g/mol. The molecule has 1 saturated carbocycles. The number of nitrogens with one attached hydrogen (secondary N) is 1. The Morgan fingerprint density at radius 3 is 2.00 bits per heavy atom. The van der Waals surface area contributed by atoms with Gasteiger partial charge in [0.1, 0.15) is 0 Å². The molecule has 0 aromatic carbocycles. The van der Waals surface area contributed by atoms with Crippen LogP contribution in [0.2, 0.25) is 0 Å². The van der Waals surface area contributed by atoms with Crippen molar-refractivity contribution in [3.63, 3.8) is 0 Å². The zero-order valence-corrected chi connectivity index (χ0v) is 10.2. The lowest BCUT2D eigenvalue weighted by atomic mass is 10.1. The normalized spacial score (nSPS) is 28.3. The minimum atomic E-state index is -1.82. The number of piperazine rings is 1. The summed E-state index contributed by atoms with van der Waals surface area (Å²) >= 11 is 0. The molecule has 1 aliphatic carbocycles. The zero-order valence-electron chi connectivity index (χ0n) is 10.2. The summed E-state index contributed by atoms with van der Waals surface area (Å²) in [5.74, 6) is -3.65. The number of aliphatic hydroxyl groups excluding tert-OH is 1. The van der Waals surface area contributed by atoms with E-state index in [1.54, 1.807) is 0 Å². The van der Waals surface area contributed by atoms with E-state index < -0.39 is 11.9 Å². The lowest BCUT2D eigenvalue weighted by Crippen LogP contribution is -2.50. The van der Waals surface area contributed by atoms with Crippen molar-refractivity contribution >= 4 is 11.9 Å². The molecule has 7 heteroatoms. The molecule has 1 aliphatic heterocycles. The number of carboxylic acid groups (broad SMARTS) is 2. The molecule has 0 bridgehead atoms. The predicted octanol–water partition coefficient (Wildman–Crippen LogP) is -1.04. The Morgan fingerprint density at radius 1 is 1.06 bits per heavy atom. The van der Waals surface area contributed by atoms with Crippen LogP contribution in [0.3, 0.4) is 0 Å². The molecule has 2 aliphatic rings. The third kappa shape index (κ3) is 4.59. The van der Waals surface area contributed by atoms with Crippen LogP contribution in [0.1, 0.15) is 19.3 Å². The van der Waals surface area contributed by atoms with Gasteiger partial charge in [-0.2, -0.15) is 0 Å². The SMILES string of the molecule is O=C(O)C(=O)O.O[C@H]1CCC[C@H]1N1CCNCC1. The molecule has 2 atom stereocenters. The molecule has 104 valence electrons. The van der Waals surface area contributed by atoms with Gasteiger partial charge in [0.2, 0.25) is 0 Å². The molecule has 1 saturated heterocycles. The maximum absolute atomic E-state index is 9.68. The van der Waals surface area contributed by atoms with Crippen molar-refractivity contribution in [2.75, 3.05) is 26.2 Å². The quantitative estimate of drug-likeness (QED) is 0.446. The first-order valence-electron chi connectivity index (χ1n) is 6.11. The van der Waals surface area contributed by atoms with Gasteiger partial charge in [-0.25, -0.2) is 9.59 Å². The Labute approximate surface area is 105 Å². The van der Waals surface area contributed by atoms with Crippen LogP contribution < -0.4 is 5.32 Å². The summed E-state index contributed by atoms with van der Waals surface area (Å²) in [6.45, 7) is 4.40. The lowest BCUT2D eigenvalue weighted by molar-refractivity contribution is -0.159. The van der Waals surface area contributed by atoms with Crippen LogP contribution in [0, 0.1) is 0 Å². The van der Waals surface area contributed by atoms with Crippen molar-refractivity contribution in [2.45, 2.75) is 31.4 Å². The molecule has 2 fully saturated rings. The Morgan fingerprint density at radius 2 is 1.61 bits per heavy atom. The van der Waals surface area contributed by atoms with Crippen LogP contribution in [0.25, 0.3) is 0 Å². The van der Waals surface area contributed by atoms with Crippen molar-refractivity contribution in [3.05, 3.63) is 0 Å². The first-order valence-corrected chi connectivity index (χ1v) is 6.11. The molecule has 18 heavy (non-hydrogen) atoms. The smallest absolute Gasteiger partial charge is 0.414 e. The molecule has 0 spiro atoms. The Balaban J connectivity index is 0.000000232. The molecule has 4 N–H and O–H groups in total. The molecule has 0 radical (unpaired) electrons. The molecular formula is C11H20N2O5. The van der Waals surface area contributed by atoms with Gasteiger partial charge in [-0.05, 0) is 19.3 Å². The minimum absolute atomic E-state index is 0.0527. The number of rotatable bonds is 1. The van der Waals surface area contributed by atoms with Gasteiger partial charge in [0.05, 0.1) is 6.10 Å². The number of aliphatic carboxylic acids is 2. The van der Waals surface area contributed by atoms with Crippen LogP contribution in [0.5, 0.6) is 0 Å². The van der Waals surface area contributed by atoms with E-state index in [-0.39, 0.29) is 6.10 Å². The van der Waals surface area contributed by atoms with Crippen molar-refractivity contribution in [1.29, 1.82) is 0 Å². The first-order chi connectivity index (χ1) is 8.52. The maximum atomic E-state index is 9.68. The molecule has 0 unspecified atom stereocenters. The van der Waals surface area contributed by atoms with Crippen molar-refractivity contribution < 1.29 is 24.9 Å². The number of carbonyl (C=O) groups is 2. The van der Waals surface area contributed by atoms with E-state index in [1.807, 2.05) is 0 Å². The highest BCUT2D eigenvalue weighted by Crippen LogP contribution is 2.24. The van der Waals surface area contributed by atoms with E-state index in [0.717, 1.165) is 32.6 Å². The molecule has 2 rings (SSSR count). The molecule has 1 heterocycles. The van der Waals surface area contributed by atoms with Gasteiger partial charge >= 0.3 is 11.9 Å². The second-order valence-corrected chi connectivity index (χ2v) is 4.46. The van der Waals surface area contributed by atoms with E-state index in [2.05, 4.69) is 10.2 Å². The van der Waals surface area contributed by atoms with Crippen molar-refractivity contribution in [1.82, 2.24) is 10.2 Å². The Kier molecular flexibility index (Phi) is 6.03. The van der Waals surface area contributed by atoms with Gasteiger partial charge in [-0.3, -0.25) is 4.90 Å². The van der Waals surface area contributed by atoms with Gasteiger partial charge in [-0.1, -0.05) is 0 Å². The minimum Gasteiger partial charge on any atom is -0.473 e. The summed E-state index contributed by atoms with van der Waals surface area (Å²) in [4.78, 5) is 20.6. The fourth-order valence-corrected chi connectivity index (χ4v) is 2.36. The Hall–Kier alpha value is -1.18. The highest BCUT2D eigenvalue weighted by atomic mass is 16.4. The number of hydrogen-bond donors (Lipinski definition) is 4. The third-order valence-corrected chi connectivity index (χ3v) is 3.25. The number of nitrogens with zero attached hydrogens (tertiary/aromatic N) is 1. The average molecular weight is 260 g/mol. The second kappa shape index (κ2) is 7.30. The van der Waals surface area contributed by atoms with Crippen molar-refractivity contribution in [3.8, 4) is 0 Å². The molecule has 7 nitrogen and oxygen atoms in total. The maximum Gasteiger partial charge on any atom is 0.414 e. The molecular weight excluding hydrogens is 240 g/mol. The van der Waals surface area contributed by atoms with Crippen LogP contribution >= 0.6 is 0 Å². The van der Waals surface area contributed by atoms with Gasteiger partial charge in [0, 0.05) is 32.2 Å². The summed E-state index contributed by atoms with van der Waals surface area (Å²) in [6, 6.07) is 0.465. The van der Waals surface area contributed by atoms with Crippen LogP contribution in [0.4, 0.5) is 0 Å². The van der Waals surface area contributed by atoms with E-state index in [0.29, 0.717) is 6.04 Å². The highest BCUT2D eigenvalue weighted by molar-refractivity contribution is 6.27. The summed E-state index contributed by atoms with van der Waals surface area (Å²) in [6.07, 6.45) is 3.36. The molecule has 0 aromatic rings. The van der Waals surface area contributed by atoms with E-state index in [4.69, 9.17) is 19.8 Å². The van der Waals surface area contributed by atoms with Crippen LogP contribution in [-0.4, -0.2) is 70.5 Å². The topological polar surface area (TPSA) is 110 Å². The highest BCUT2D eigenvalue weighted by Gasteiger charge is 2.30. The lowest BCUT2D eigenvalue weighted by Gasteiger charge is -2.34. The second-order valence-electron chi connectivity index (χ2n) is 4.46. The van der Waals surface area contributed by atoms with Crippen LogP contribution in [-0.2, 0) is 9.59 Å². The van der Waals surface area contributed by atoms with Gasteiger partial charge < -0.3 is 20.6 Å². The molecule has 0 aromatic heterocycles. The largest absolute Gasteiger partial charge is 0.473 e. The average Bonchev–Trinajstić information content (AvgIpc) is 2.77. The summed E-state index contributed by atoms with van der Waals surface area (Å²) < 4.78 is 0. The summed E-state index contributed by atoms with van der Waals surface area (Å²) in [5, 5.41) is 27.8. The third-order valence-electron chi connectivity index (χ3n) is 3.25. The predicted molar refractivity (Wildman–Crippen MR) is 63.4 cm³/mol. The zero-order chi connectivity index (χ0) is 13.5. The van der Waals surface area contributed by atoms with Crippen molar-refractivity contribution in [2.24, 2.45) is 0 Å². The van der Waals surface area contributed by atoms with E-state index >= 15 is 0 Å². The first kappa shape index (κ1) is 14.9. The standard InChI is InChI=1S/C9H18N2O.C2H2O4/c12-9-3-1-2-8(9)11-6-4-10-5-7-11;3-1(4)2(5)6/h8-10,12H,1-7H2;(H,3,4)(H,5,6)/t8-,9+;/m1./s1. The van der Waals surface area contributed by atoms with Gasteiger partial charge in [0.15, 0.2) is 0 Å².